The van der Waals surface area contributed by atoms with Gasteiger partial charge in [-0.3, -0.25) is 4.57 Å². The molecule has 3 nitrogen and oxygen atoms in total. The monoisotopic (exact) mass is 222 g/mol. The van der Waals surface area contributed by atoms with Crippen LogP contribution in [0.5, 0.6) is 0 Å². The minimum Gasteiger partial charge on any atom is -0.327 e. The van der Waals surface area contributed by atoms with Crippen LogP contribution in [0.4, 0.5) is 0 Å². The van der Waals surface area contributed by atoms with Gasteiger partial charge in [-0.15, -0.1) is 0 Å². The summed E-state index contributed by atoms with van der Waals surface area (Å²) in [5, 5.41) is 16.3. The van der Waals surface area contributed by atoms with E-state index in [9.17, 15) is 5.11 Å². The van der Waals surface area contributed by atoms with Crippen molar-refractivity contribution in [2.45, 2.75) is 12.8 Å². The fourth-order valence-electron chi connectivity index (χ4n) is 1.48. The van der Waals surface area contributed by atoms with Crippen molar-refractivity contribution in [2.24, 2.45) is 0 Å². The number of rotatable bonds is 4. The fraction of sp³-hybridized carbons (Fsp3) is 0.273. The van der Waals surface area contributed by atoms with Gasteiger partial charge in [0.25, 0.3) is 0 Å². The average molecular weight is 222 g/mol. The first-order valence-corrected chi connectivity index (χ1v) is 5.72. The number of thiophene rings is 1. The Balaban J connectivity index is 2.41. The molecular weight excluding hydrogens is 210 g/mol. The van der Waals surface area contributed by atoms with Crippen LogP contribution in [0.15, 0.2) is 41.4 Å². The van der Waals surface area contributed by atoms with Crippen LogP contribution in [-0.4, -0.2) is 11.2 Å². The van der Waals surface area contributed by atoms with Crippen molar-refractivity contribution < 1.29 is 9.84 Å². The van der Waals surface area contributed by atoms with Gasteiger partial charge in [-0.1, -0.05) is 0 Å². The Morgan fingerprint density at radius 3 is 2.73 bits per heavy atom. The molecule has 1 radical (unpaired) electrons. The van der Waals surface area contributed by atoms with Crippen LogP contribution >= 0.6 is 11.3 Å². The van der Waals surface area contributed by atoms with Gasteiger partial charge in [-0.25, -0.2) is 0 Å². The number of hydrogen-bond acceptors (Lipinski definition) is 2. The van der Waals surface area contributed by atoms with E-state index in [0.717, 1.165) is 0 Å². The zero-order valence-corrected chi connectivity index (χ0v) is 9.24. The third-order valence-corrected chi connectivity index (χ3v) is 2.85. The smallest absolute Gasteiger partial charge is 0.313 e. The first-order chi connectivity index (χ1) is 7.27. The van der Waals surface area contributed by atoms with Gasteiger partial charge in [0.1, 0.15) is 0 Å². The summed E-state index contributed by atoms with van der Waals surface area (Å²) in [6.45, 7) is 2.21. The summed E-state index contributed by atoms with van der Waals surface area (Å²) in [7, 11) is 0. The van der Waals surface area contributed by atoms with Crippen LogP contribution in [0.3, 0.4) is 0 Å². The maximum atomic E-state index is 12.6. The molecule has 0 aliphatic carbocycles. The van der Waals surface area contributed by atoms with Crippen LogP contribution in [0.2, 0.25) is 0 Å². The molecule has 15 heavy (non-hydrogen) atoms. The predicted octanol–water partition coefficient (Wildman–Crippen LogP) is 2.68. The van der Waals surface area contributed by atoms with Crippen LogP contribution < -0.4 is 0 Å². The average Bonchev–Trinajstić information content (AvgIpc) is 2.92. The standard InChI is InChI=1S/C11H12NO2S/c1-2-14-11(13,10-5-8-15-9-10)12-6-3-4-7-12/h3-9H,2H2,1H3. The fourth-order valence-corrected chi connectivity index (χ4v) is 2.16. The molecule has 0 aliphatic heterocycles. The maximum Gasteiger partial charge on any atom is 0.313 e. The molecule has 79 valence electrons. The summed E-state index contributed by atoms with van der Waals surface area (Å²) < 4.78 is 6.87. The molecule has 0 saturated carbocycles. The van der Waals surface area contributed by atoms with E-state index < -0.39 is 5.91 Å². The predicted molar refractivity (Wildman–Crippen MR) is 58.1 cm³/mol. The highest BCUT2D eigenvalue weighted by Gasteiger charge is 2.34. The Labute approximate surface area is 92.6 Å². The maximum absolute atomic E-state index is 12.6. The Hall–Kier alpha value is -1.10. The molecule has 1 unspecified atom stereocenters. The van der Waals surface area contributed by atoms with Crippen molar-refractivity contribution in [1.82, 2.24) is 4.57 Å². The Kier molecular flexibility index (Phi) is 2.90. The van der Waals surface area contributed by atoms with Gasteiger partial charge in [0.05, 0.1) is 0 Å². The quantitative estimate of drug-likeness (QED) is 0.732. The van der Waals surface area contributed by atoms with E-state index in [0.29, 0.717) is 12.2 Å². The van der Waals surface area contributed by atoms with Gasteiger partial charge in [-0.05, 0) is 30.5 Å². The molecule has 1 atom stereocenters. The van der Waals surface area contributed by atoms with Crippen molar-refractivity contribution in [3.8, 4) is 0 Å². The molecule has 0 aromatic carbocycles. The first-order valence-electron chi connectivity index (χ1n) is 4.78. The lowest BCUT2D eigenvalue weighted by atomic mass is 10.2. The number of hydrogen-bond donors (Lipinski definition) is 0. The molecule has 2 aromatic rings. The van der Waals surface area contributed by atoms with Gasteiger partial charge < -0.3 is 4.74 Å². The zero-order valence-electron chi connectivity index (χ0n) is 8.42. The van der Waals surface area contributed by atoms with Gasteiger partial charge in [-0.2, -0.15) is 16.4 Å². The van der Waals surface area contributed by atoms with E-state index in [1.54, 1.807) is 23.0 Å². The topological polar surface area (TPSA) is 34.1 Å². The number of aromatic nitrogens is 1. The van der Waals surface area contributed by atoms with Gasteiger partial charge in [0.15, 0.2) is 0 Å². The minimum absolute atomic E-state index is 0.386. The van der Waals surface area contributed by atoms with Crippen molar-refractivity contribution in [3.63, 3.8) is 0 Å². The van der Waals surface area contributed by atoms with E-state index in [1.807, 2.05) is 29.8 Å². The first kappa shape index (κ1) is 10.4. The van der Waals surface area contributed by atoms with E-state index in [1.165, 1.54) is 11.3 Å². The molecule has 4 heteroatoms. The summed E-state index contributed by atoms with van der Waals surface area (Å²) in [5.41, 5.74) is 0.644. The zero-order chi connectivity index (χ0) is 10.7. The van der Waals surface area contributed by atoms with Gasteiger partial charge in [0.2, 0.25) is 0 Å². The van der Waals surface area contributed by atoms with Crippen molar-refractivity contribution >= 4 is 11.3 Å². The molecule has 0 amide bonds. The Morgan fingerprint density at radius 2 is 2.20 bits per heavy atom. The van der Waals surface area contributed by atoms with Crippen LogP contribution in [-0.2, 0) is 15.8 Å². The highest BCUT2D eigenvalue weighted by Crippen LogP contribution is 2.27. The Morgan fingerprint density at radius 1 is 1.47 bits per heavy atom. The lowest BCUT2D eigenvalue weighted by Gasteiger charge is -2.26. The molecule has 0 bridgehead atoms. The van der Waals surface area contributed by atoms with E-state index in [-0.39, 0.29) is 0 Å². The van der Waals surface area contributed by atoms with E-state index >= 15 is 0 Å². The minimum atomic E-state index is -1.63. The van der Waals surface area contributed by atoms with E-state index in [2.05, 4.69) is 0 Å². The number of ether oxygens (including phenoxy) is 1. The van der Waals surface area contributed by atoms with Crippen LogP contribution in [0.25, 0.3) is 0 Å². The lowest BCUT2D eigenvalue weighted by molar-refractivity contribution is -0.267. The van der Waals surface area contributed by atoms with Gasteiger partial charge >= 0.3 is 5.91 Å². The van der Waals surface area contributed by atoms with Crippen LogP contribution in [0, 0.1) is 0 Å². The molecule has 0 aliphatic rings. The summed E-state index contributed by atoms with van der Waals surface area (Å²) in [5.74, 6) is -1.63. The second kappa shape index (κ2) is 4.18. The summed E-state index contributed by atoms with van der Waals surface area (Å²) in [6, 6.07) is 5.43. The lowest BCUT2D eigenvalue weighted by Crippen LogP contribution is -2.35. The summed E-state index contributed by atoms with van der Waals surface area (Å²) in [6.07, 6.45) is 3.45. The second-order valence-corrected chi connectivity index (χ2v) is 3.90. The molecule has 0 saturated heterocycles. The van der Waals surface area contributed by atoms with Crippen molar-refractivity contribution in [2.75, 3.05) is 6.61 Å². The third-order valence-electron chi connectivity index (χ3n) is 2.17. The highest BCUT2D eigenvalue weighted by atomic mass is 32.1. The molecule has 0 spiro atoms. The molecule has 2 aromatic heterocycles. The van der Waals surface area contributed by atoms with Gasteiger partial charge in [0, 0.05) is 29.9 Å². The molecule has 0 N–H and O–H groups in total. The summed E-state index contributed by atoms with van der Waals surface area (Å²) in [4.78, 5) is 0. The SMILES string of the molecule is CCOC([O])(c1ccsc1)n1cccc1. The van der Waals surface area contributed by atoms with Crippen molar-refractivity contribution in [3.05, 3.63) is 46.9 Å². The normalized spacial score (nSPS) is 15.1. The van der Waals surface area contributed by atoms with E-state index in [4.69, 9.17) is 4.74 Å². The largest absolute Gasteiger partial charge is 0.327 e. The molecule has 0 fully saturated rings. The molecule has 2 heterocycles. The second-order valence-electron chi connectivity index (χ2n) is 3.12. The number of nitrogens with zero attached hydrogens (tertiary/aromatic N) is 1. The Bertz CT molecular complexity index is 360. The van der Waals surface area contributed by atoms with Crippen molar-refractivity contribution in [1.29, 1.82) is 0 Å². The molecule has 2 rings (SSSR count). The third kappa shape index (κ3) is 1.84. The summed E-state index contributed by atoms with van der Waals surface area (Å²) >= 11 is 1.50. The highest BCUT2D eigenvalue weighted by molar-refractivity contribution is 7.08. The van der Waals surface area contributed by atoms with Crippen LogP contribution in [0.1, 0.15) is 12.5 Å². The molecular formula is C11H12NO2S.